The lowest BCUT2D eigenvalue weighted by Crippen LogP contribution is -2.43. The molecule has 1 amide bonds. The van der Waals surface area contributed by atoms with Crippen LogP contribution in [0.1, 0.15) is 26.3 Å². The number of aromatic nitrogens is 2. The maximum Gasteiger partial charge on any atom is 0.509 e. The average Bonchev–Trinajstić information content (AvgIpc) is 3.42. The minimum Gasteiger partial charge on any atom is -0.497 e. The van der Waals surface area contributed by atoms with Gasteiger partial charge in [-0.1, -0.05) is 12.1 Å². The number of nitrogens with zero attached hydrogens (tertiary/aromatic N) is 1. The van der Waals surface area contributed by atoms with Crippen molar-refractivity contribution in [2.75, 3.05) is 32.1 Å². The fourth-order valence-electron chi connectivity index (χ4n) is 3.51. The number of carbonyl (C=O) groups excluding carboxylic acids is 2. The number of rotatable bonds is 9. The number of anilines is 1. The number of aromatic amines is 1. The molecule has 1 aromatic carbocycles. The molecular formula is C23H33N5O6. The molecular weight excluding hydrogens is 442 g/mol. The molecule has 34 heavy (non-hydrogen) atoms. The number of hydrogen-bond donors (Lipinski definition) is 4. The second kappa shape index (κ2) is 11.6. The molecule has 0 bridgehead atoms. The second-order valence-electron chi connectivity index (χ2n) is 8.88. The van der Waals surface area contributed by atoms with Crippen LogP contribution in [0.3, 0.4) is 0 Å². The Morgan fingerprint density at radius 1 is 1.12 bits per heavy atom. The van der Waals surface area contributed by atoms with Gasteiger partial charge in [-0.3, -0.25) is 5.10 Å². The van der Waals surface area contributed by atoms with E-state index in [0.717, 1.165) is 17.1 Å². The van der Waals surface area contributed by atoms with Crippen molar-refractivity contribution >= 4 is 18.1 Å². The van der Waals surface area contributed by atoms with Crippen molar-refractivity contribution < 1.29 is 28.5 Å². The van der Waals surface area contributed by atoms with Gasteiger partial charge in [0.2, 0.25) is 0 Å². The van der Waals surface area contributed by atoms with Crippen LogP contribution in [0, 0.1) is 0 Å². The monoisotopic (exact) mass is 475 g/mol. The van der Waals surface area contributed by atoms with E-state index >= 15 is 0 Å². The lowest BCUT2D eigenvalue weighted by atomic mass is 10.0. The van der Waals surface area contributed by atoms with Crippen LogP contribution in [0.15, 0.2) is 36.5 Å². The third-order valence-electron chi connectivity index (χ3n) is 5.05. The zero-order valence-corrected chi connectivity index (χ0v) is 19.9. The van der Waals surface area contributed by atoms with Crippen molar-refractivity contribution in [3.05, 3.63) is 42.1 Å². The van der Waals surface area contributed by atoms with E-state index in [2.05, 4.69) is 26.1 Å². The Morgan fingerprint density at radius 2 is 1.88 bits per heavy atom. The van der Waals surface area contributed by atoms with Gasteiger partial charge in [0.15, 0.2) is 12.2 Å². The van der Waals surface area contributed by atoms with E-state index in [9.17, 15) is 9.59 Å². The molecule has 3 rings (SSSR count). The van der Waals surface area contributed by atoms with E-state index in [1.54, 1.807) is 40.1 Å². The van der Waals surface area contributed by atoms with Crippen molar-refractivity contribution in [2.45, 2.75) is 51.0 Å². The van der Waals surface area contributed by atoms with Gasteiger partial charge in [0.25, 0.3) is 0 Å². The Morgan fingerprint density at radius 3 is 2.53 bits per heavy atom. The zero-order valence-electron chi connectivity index (χ0n) is 19.9. The fraction of sp³-hybridized carbons (Fsp3) is 0.522. The van der Waals surface area contributed by atoms with Crippen molar-refractivity contribution in [3.8, 4) is 5.75 Å². The van der Waals surface area contributed by atoms with Crippen LogP contribution in [0.2, 0.25) is 0 Å². The fourth-order valence-corrected chi connectivity index (χ4v) is 3.51. The summed E-state index contributed by atoms with van der Waals surface area (Å²) in [6.45, 7) is 6.41. The molecule has 1 saturated heterocycles. The second-order valence-corrected chi connectivity index (χ2v) is 8.88. The summed E-state index contributed by atoms with van der Waals surface area (Å²) in [5, 5.41) is 15.7. The zero-order chi connectivity index (χ0) is 24.6. The molecule has 1 aliphatic heterocycles. The Bertz CT molecular complexity index is 913. The molecule has 2 heterocycles. The highest BCUT2D eigenvalue weighted by Crippen LogP contribution is 2.22. The van der Waals surface area contributed by atoms with Gasteiger partial charge in [0.1, 0.15) is 17.2 Å². The highest BCUT2D eigenvalue weighted by Gasteiger charge is 2.42. The first-order valence-electron chi connectivity index (χ1n) is 11.2. The van der Waals surface area contributed by atoms with E-state index in [1.807, 2.05) is 24.3 Å². The minimum atomic E-state index is -0.804. The number of carbonyl (C=O) groups is 2. The molecule has 1 fully saturated rings. The predicted octanol–water partition coefficient (Wildman–Crippen LogP) is 2.46. The van der Waals surface area contributed by atoms with E-state index in [-0.39, 0.29) is 6.04 Å². The lowest BCUT2D eigenvalue weighted by molar-refractivity contribution is -0.0517. The number of hydrogen-bond acceptors (Lipinski definition) is 9. The lowest BCUT2D eigenvalue weighted by Gasteiger charge is -2.26. The molecule has 186 valence electrons. The predicted molar refractivity (Wildman–Crippen MR) is 125 cm³/mol. The van der Waals surface area contributed by atoms with Crippen molar-refractivity contribution in [3.63, 3.8) is 0 Å². The maximum absolute atomic E-state index is 12.5. The molecule has 3 atom stereocenters. The Kier molecular flexibility index (Phi) is 8.58. The van der Waals surface area contributed by atoms with Crippen LogP contribution in [0.5, 0.6) is 5.75 Å². The standard InChI is InChI=1S/C23H33N5O6/c1-23(2,3)34-22(30)32-18-14-26-17(13-15-5-7-16(31-4)8-6-15)20(18)33-21(29)25-12-11-24-19-9-10-27-28-19/h5-10,17-18,20,26H,11-14H2,1-4H3,(H,25,29)(H2,24,27,28)/t17-,18+,20+/m1/s1. The summed E-state index contributed by atoms with van der Waals surface area (Å²) in [7, 11) is 1.61. The molecule has 11 heteroatoms. The molecule has 1 aromatic heterocycles. The average molecular weight is 476 g/mol. The number of methoxy groups -OCH3 is 1. The van der Waals surface area contributed by atoms with Gasteiger partial charge < -0.3 is 34.9 Å². The van der Waals surface area contributed by atoms with Gasteiger partial charge in [-0.2, -0.15) is 5.10 Å². The summed E-state index contributed by atoms with van der Waals surface area (Å²) < 4.78 is 21.7. The van der Waals surface area contributed by atoms with Crippen molar-refractivity contribution in [1.29, 1.82) is 0 Å². The summed E-state index contributed by atoms with van der Waals surface area (Å²) in [6.07, 6.45) is -0.593. The number of alkyl carbamates (subject to hydrolysis) is 1. The van der Waals surface area contributed by atoms with Gasteiger partial charge in [-0.15, -0.1) is 0 Å². The van der Waals surface area contributed by atoms with Crippen LogP contribution in [-0.4, -0.2) is 73.0 Å². The highest BCUT2D eigenvalue weighted by molar-refractivity contribution is 5.67. The molecule has 0 saturated carbocycles. The quantitative estimate of drug-likeness (QED) is 0.318. The molecule has 0 radical (unpaired) electrons. The molecule has 0 unspecified atom stereocenters. The summed E-state index contributed by atoms with van der Waals surface area (Å²) in [4.78, 5) is 24.8. The summed E-state index contributed by atoms with van der Waals surface area (Å²) >= 11 is 0. The summed E-state index contributed by atoms with van der Waals surface area (Å²) in [6, 6.07) is 9.16. The van der Waals surface area contributed by atoms with Gasteiger partial charge in [-0.25, -0.2) is 9.59 Å². The number of nitrogens with one attached hydrogen (secondary N) is 4. The number of benzene rings is 1. The molecule has 11 nitrogen and oxygen atoms in total. The van der Waals surface area contributed by atoms with Crippen molar-refractivity contribution in [1.82, 2.24) is 20.8 Å². The van der Waals surface area contributed by atoms with Crippen LogP contribution in [0.25, 0.3) is 0 Å². The minimum absolute atomic E-state index is 0.255. The summed E-state index contributed by atoms with van der Waals surface area (Å²) in [5.74, 6) is 1.51. The van der Waals surface area contributed by atoms with Crippen LogP contribution in [-0.2, 0) is 20.6 Å². The van der Waals surface area contributed by atoms with E-state index in [0.29, 0.717) is 26.1 Å². The summed E-state index contributed by atoms with van der Waals surface area (Å²) in [5.41, 5.74) is 0.329. The smallest absolute Gasteiger partial charge is 0.497 e. The van der Waals surface area contributed by atoms with Crippen LogP contribution in [0.4, 0.5) is 15.4 Å². The third kappa shape index (κ3) is 7.84. The third-order valence-corrected chi connectivity index (χ3v) is 5.05. The van der Waals surface area contributed by atoms with Crippen LogP contribution < -0.4 is 20.7 Å². The van der Waals surface area contributed by atoms with E-state index in [1.165, 1.54) is 0 Å². The normalized spacial score (nSPS) is 19.8. The van der Waals surface area contributed by atoms with Gasteiger partial charge in [0.05, 0.1) is 19.3 Å². The molecule has 0 aliphatic carbocycles. The Hall–Kier alpha value is -3.47. The molecule has 0 spiro atoms. The Labute approximate surface area is 198 Å². The van der Waals surface area contributed by atoms with Gasteiger partial charge in [0, 0.05) is 19.6 Å². The first kappa shape index (κ1) is 25.2. The SMILES string of the molecule is COc1ccc(C[C@H]2NC[C@H](OC(=O)OC(C)(C)C)[C@H]2OC(=O)NCCNc2ccn[nH]2)cc1. The molecule has 1 aliphatic rings. The van der Waals surface area contributed by atoms with E-state index < -0.39 is 30.1 Å². The Balaban J connectivity index is 1.59. The number of H-pyrrole nitrogens is 1. The first-order chi connectivity index (χ1) is 16.2. The molecule has 4 N–H and O–H groups in total. The maximum atomic E-state index is 12.5. The number of amides is 1. The first-order valence-corrected chi connectivity index (χ1v) is 11.2. The topological polar surface area (TPSA) is 136 Å². The van der Waals surface area contributed by atoms with E-state index in [4.69, 9.17) is 18.9 Å². The van der Waals surface area contributed by atoms with Gasteiger partial charge in [-0.05, 0) is 51.0 Å². The van der Waals surface area contributed by atoms with Crippen LogP contribution >= 0.6 is 0 Å². The van der Waals surface area contributed by atoms with Crippen molar-refractivity contribution in [2.24, 2.45) is 0 Å². The highest BCUT2D eigenvalue weighted by atomic mass is 16.7. The molecule has 2 aromatic rings. The largest absolute Gasteiger partial charge is 0.509 e. The number of ether oxygens (including phenoxy) is 4. The van der Waals surface area contributed by atoms with Gasteiger partial charge >= 0.3 is 12.2 Å².